The summed E-state index contributed by atoms with van der Waals surface area (Å²) < 4.78 is 0. The normalized spacial score (nSPS) is 28.2. The van der Waals surface area contributed by atoms with E-state index in [9.17, 15) is 15.0 Å². The summed E-state index contributed by atoms with van der Waals surface area (Å²) in [5.41, 5.74) is 0. The Kier molecular flexibility index (Phi) is 7.14. The van der Waals surface area contributed by atoms with Gasteiger partial charge in [0.25, 0.3) is 0 Å². The lowest BCUT2D eigenvalue weighted by Gasteiger charge is -2.25. The lowest BCUT2D eigenvalue weighted by Crippen LogP contribution is -2.31. The molecule has 1 aliphatic rings. The fourth-order valence-corrected chi connectivity index (χ4v) is 3.33. The fraction of sp³-hybridized carbons (Fsp3) is 0.812. The van der Waals surface area contributed by atoms with Gasteiger partial charge in [-0.2, -0.15) is 0 Å². The summed E-state index contributed by atoms with van der Waals surface area (Å²) in [5, 5.41) is 19.0. The monoisotopic (exact) mass is 268 g/mol. The zero-order valence-electron chi connectivity index (χ0n) is 12.1. The van der Waals surface area contributed by atoms with Gasteiger partial charge in [-0.3, -0.25) is 4.79 Å². The number of carbonyl (C=O) groups is 1. The molecule has 0 aliphatic heterocycles. The predicted molar refractivity (Wildman–Crippen MR) is 76.9 cm³/mol. The van der Waals surface area contributed by atoms with Crippen molar-refractivity contribution in [1.82, 2.24) is 0 Å². The third-order valence-electron chi connectivity index (χ3n) is 4.45. The van der Waals surface area contributed by atoms with Gasteiger partial charge in [0.1, 0.15) is 0 Å². The number of carboxylic acid groups (broad SMARTS) is 1. The summed E-state index contributed by atoms with van der Waals surface area (Å²) >= 11 is 0. The molecular formula is C16H28O3. The summed E-state index contributed by atoms with van der Waals surface area (Å²) in [7, 11) is 0. The van der Waals surface area contributed by atoms with Gasteiger partial charge in [-0.25, -0.2) is 0 Å². The zero-order valence-corrected chi connectivity index (χ0v) is 12.1. The van der Waals surface area contributed by atoms with Gasteiger partial charge < -0.3 is 10.2 Å². The van der Waals surface area contributed by atoms with E-state index < -0.39 is 18.0 Å². The van der Waals surface area contributed by atoms with E-state index in [0.717, 1.165) is 19.3 Å². The number of allylic oxidation sites excluding steroid dienone is 1. The minimum atomic E-state index is -0.854. The first-order valence-electron chi connectivity index (χ1n) is 7.65. The van der Waals surface area contributed by atoms with Crippen LogP contribution < -0.4 is 0 Å². The van der Waals surface area contributed by atoms with Crippen molar-refractivity contribution in [2.45, 2.75) is 64.4 Å². The summed E-state index contributed by atoms with van der Waals surface area (Å²) in [4.78, 5) is 11.3. The second-order valence-electron chi connectivity index (χ2n) is 5.78. The van der Waals surface area contributed by atoms with Gasteiger partial charge in [-0.15, -0.1) is 6.58 Å². The number of aliphatic carboxylic acids is 1. The molecule has 0 saturated heterocycles. The predicted octanol–water partition coefficient (Wildman–Crippen LogP) is 3.62. The molecule has 0 bridgehead atoms. The van der Waals surface area contributed by atoms with E-state index in [1.165, 1.54) is 25.7 Å². The van der Waals surface area contributed by atoms with Crippen LogP contribution >= 0.6 is 0 Å². The SMILES string of the molecule is C=CC(CCCCCCC)C1CCC(O)C1C(=O)O. The van der Waals surface area contributed by atoms with Gasteiger partial charge in [0.2, 0.25) is 0 Å². The van der Waals surface area contributed by atoms with Gasteiger partial charge in [0, 0.05) is 0 Å². The van der Waals surface area contributed by atoms with Crippen LogP contribution in [0.3, 0.4) is 0 Å². The summed E-state index contributed by atoms with van der Waals surface area (Å²) in [5.74, 6) is -1.15. The molecule has 110 valence electrons. The number of aliphatic hydroxyl groups is 1. The van der Waals surface area contributed by atoms with Crippen LogP contribution in [-0.2, 0) is 4.79 Å². The third kappa shape index (κ3) is 4.64. The summed E-state index contributed by atoms with van der Waals surface area (Å²) in [6.45, 7) is 6.06. The minimum absolute atomic E-state index is 0.0659. The molecule has 0 aromatic carbocycles. The molecule has 1 rings (SSSR count). The minimum Gasteiger partial charge on any atom is -0.481 e. The van der Waals surface area contributed by atoms with Crippen LogP contribution in [-0.4, -0.2) is 22.3 Å². The van der Waals surface area contributed by atoms with Crippen LogP contribution in [0, 0.1) is 17.8 Å². The third-order valence-corrected chi connectivity index (χ3v) is 4.45. The van der Waals surface area contributed by atoms with Crippen molar-refractivity contribution in [1.29, 1.82) is 0 Å². The van der Waals surface area contributed by atoms with Crippen molar-refractivity contribution in [2.24, 2.45) is 17.8 Å². The van der Waals surface area contributed by atoms with Crippen LogP contribution in [0.2, 0.25) is 0 Å². The topological polar surface area (TPSA) is 57.5 Å². The number of hydrogen-bond donors (Lipinski definition) is 2. The highest BCUT2D eigenvalue weighted by molar-refractivity contribution is 5.71. The number of aliphatic hydroxyl groups excluding tert-OH is 1. The van der Waals surface area contributed by atoms with Gasteiger partial charge in [-0.05, 0) is 31.1 Å². The average Bonchev–Trinajstić information content (AvgIpc) is 2.76. The first-order valence-corrected chi connectivity index (χ1v) is 7.65. The summed E-state index contributed by atoms with van der Waals surface area (Å²) in [6.07, 6.45) is 9.78. The maximum Gasteiger partial charge on any atom is 0.309 e. The Hall–Kier alpha value is -0.830. The highest BCUT2D eigenvalue weighted by Gasteiger charge is 2.42. The molecule has 3 heteroatoms. The van der Waals surface area contributed by atoms with Crippen LogP contribution in [0.4, 0.5) is 0 Å². The van der Waals surface area contributed by atoms with E-state index in [1.54, 1.807) is 0 Å². The molecular weight excluding hydrogens is 240 g/mol. The zero-order chi connectivity index (χ0) is 14.3. The molecule has 0 aromatic heterocycles. The van der Waals surface area contributed by atoms with Crippen LogP contribution in [0.25, 0.3) is 0 Å². The second-order valence-corrected chi connectivity index (χ2v) is 5.78. The largest absolute Gasteiger partial charge is 0.481 e. The van der Waals surface area contributed by atoms with Gasteiger partial charge in [0.15, 0.2) is 0 Å². The maximum absolute atomic E-state index is 11.3. The van der Waals surface area contributed by atoms with Crippen LogP contribution in [0.15, 0.2) is 12.7 Å². The van der Waals surface area contributed by atoms with Crippen molar-refractivity contribution in [3.8, 4) is 0 Å². The lowest BCUT2D eigenvalue weighted by molar-refractivity contribution is -0.146. The van der Waals surface area contributed by atoms with E-state index in [1.807, 2.05) is 6.08 Å². The molecule has 1 aliphatic carbocycles. The highest BCUT2D eigenvalue weighted by atomic mass is 16.4. The molecule has 3 nitrogen and oxygen atoms in total. The van der Waals surface area contributed by atoms with Crippen LogP contribution in [0.5, 0.6) is 0 Å². The smallest absolute Gasteiger partial charge is 0.309 e. The van der Waals surface area contributed by atoms with Crippen molar-refractivity contribution >= 4 is 5.97 Å². The molecule has 19 heavy (non-hydrogen) atoms. The Labute approximate surface area is 116 Å². The van der Waals surface area contributed by atoms with Crippen molar-refractivity contribution in [3.63, 3.8) is 0 Å². The van der Waals surface area contributed by atoms with Crippen molar-refractivity contribution in [2.75, 3.05) is 0 Å². The van der Waals surface area contributed by atoms with E-state index in [4.69, 9.17) is 0 Å². The molecule has 2 N–H and O–H groups in total. The Balaban J connectivity index is 2.45. The van der Waals surface area contributed by atoms with Crippen molar-refractivity contribution in [3.05, 3.63) is 12.7 Å². The van der Waals surface area contributed by atoms with E-state index in [0.29, 0.717) is 6.42 Å². The Bertz CT molecular complexity index is 288. The Morgan fingerprint density at radius 1 is 1.32 bits per heavy atom. The second kappa shape index (κ2) is 8.36. The number of unbranched alkanes of at least 4 members (excludes halogenated alkanes) is 4. The highest BCUT2D eigenvalue weighted by Crippen LogP contribution is 2.40. The molecule has 0 aromatic rings. The molecule has 4 atom stereocenters. The first kappa shape index (κ1) is 16.2. The molecule has 0 spiro atoms. The van der Waals surface area contributed by atoms with E-state index in [2.05, 4.69) is 13.5 Å². The lowest BCUT2D eigenvalue weighted by atomic mass is 9.80. The molecule has 1 saturated carbocycles. The Morgan fingerprint density at radius 3 is 2.58 bits per heavy atom. The number of rotatable bonds is 9. The van der Waals surface area contributed by atoms with Gasteiger partial charge in [-0.1, -0.05) is 45.1 Å². The fourth-order valence-electron chi connectivity index (χ4n) is 3.33. The van der Waals surface area contributed by atoms with Crippen LogP contribution in [0.1, 0.15) is 58.3 Å². The standard InChI is InChI=1S/C16H28O3/c1-3-5-6-7-8-9-12(4-2)13-10-11-14(17)15(13)16(18)19/h4,12-15,17H,2-3,5-11H2,1H3,(H,18,19). The van der Waals surface area contributed by atoms with E-state index >= 15 is 0 Å². The maximum atomic E-state index is 11.3. The summed E-state index contributed by atoms with van der Waals surface area (Å²) in [6, 6.07) is 0. The molecule has 0 radical (unpaired) electrons. The quantitative estimate of drug-likeness (QED) is 0.496. The average molecular weight is 268 g/mol. The number of hydrogen-bond acceptors (Lipinski definition) is 2. The first-order chi connectivity index (χ1) is 9.11. The number of carboxylic acids is 1. The molecule has 0 amide bonds. The molecule has 1 fully saturated rings. The van der Waals surface area contributed by atoms with Gasteiger partial charge >= 0.3 is 5.97 Å². The molecule has 4 unspecified atom stereocenters. The molecule has 0 heterocycles. The van der Waals surface area contributed by atoms with E-state index in [-0.39, 0.29) is 11.8 Å². The van der Waals surface area contributed by atoms with Gasteiger partial charge in [0.05, 0.1) is 12.0 Å². The van der Waals surface area contributed by atoms with Crippen molar-refractivity contribution < 1.29 is 15.0 Å². The Morgan fingerprint density at radius 2 is 2.00 bits per heavy atom.